The molecule has 2 aliphatic rings. The maximum absolute atomic E-state index is 13.1. The lowest BCUT2D eigenvalue weighted by atomic mass is 9.96. The molecule has 1 heterocycles. The van der Waals surface area contributed by atoms with Crippen LogP contribution in [0.25, 0.3) is 11.1 Å². The normalized spacial score (nSPS) is 18.3. The van der Waals surface area contributed by atoms with Crippen LogP contribution in [0.15, 0.2) is 66.7 Å². The highest BCUT2D eigenvalue weighted by Crippen LogP contribution is 2.33. The zero-order chi connectivity index (χ0) is 21.9. The van der Waals surface area contributed by atoms with Crippen molar-refractivity contribution in [2.75, 3.05) is 18.4 Å². The molecule has 0 radical (unpaired) electrons. The molecule has 32 heavy (non-hydrogen) atoms. The monoisotopic (exact) mass is 426 g/mol. The molecule has 3 aromatic rings. The summed E-state index contributed by atoms with van der Waals surface area (Å²) in [6, 6.07) is 22.3. The Morgan fingerprint density at radius 3 is 2.59 bits per heavy atom. The van der Waals surface area contributed by atoms with Crippen molar-refractivity contribution in [2.45, 2.75) is 44.8 Å². The quantitative estimate of drug-likeness (QED) is 0.561. The lowest BCUT2D eigenvalue weighted by molar-refractivity contribution is 0.102. The first kappa shape index (κ1) is 20.9. The molecular weight excluding hydrogens is 396 g/mol. The maximum Gasteiger partial charge on any atom is 0.255 e. The Bertz CT molecular complexity index is 1100. The van der Waals surface area contributed by atoms with Crippen LogP contribution in [0.5, 0.6) is 0 Å². The van der Waals surface area contributed by atoms with Gasteiger partial charge in [-0.25, -0.2) is 0 Å². The Balaban J connectivity index is 1.41. The number of anilines is 1. The molecule has 0 saturated carbocycles. The highest BCUT2D eigenvalue weighted by Gasteiger charge is 2.21. The third-order valence-electron chi connectivity index (χ3n) is 6.74. The van der Waals surface area contributed by atoms with E-state index in [0.717, 1.165) is 43.7 Å². The van der Waals surface area contributed by atoms with E-state index in [9.17, 15) is 9.90 Å². The van der Waals surface area contributed by atoms with Crippen LogP contribution in [0.4, 0.5) is 5.69 Å². The molecule has 1 atom stereocenters. The molecule has 0 bridgehead atoms. The number of amides is 1. The van der Waals surface area contributed by atoms with Gasteiger partial charge in [0.05, 0.1) is 6.10 Å². The second-order valence-corrected chi connectivity index (χ2v) is 9.00. The lowest BCUT2D eigenvalue weighted by Gasteiger charge is -2.27. The van der Waals surface area contributed by atoms with E-state index in [0.29, 0.717) is 5.56 Å². The van der Waals surface area contributed by atoms with Gasteiger partial charge in [-0.05, 0) is 90.9 Å². The van der Waals surface area contributed by atoms with Gasteiger partial charge in [0.15, 0.2) is 0 Å². The molecule has 0 spiro atoms. The van der Waals surface area contributed by atoms with Gasteiger partial charge in [0.1, 0.15) is 0 Å². The standard InChI is InChI=1S/C28H30N2O2/c31-27-14-11-21-9-12-24(18-26(21)27)29-28(32)22-10-13-25(20-7-3-1-4-8-20)23(17-22)19-30-15-5-2-6-16-30/h1,3-4,7-10,12-13,17-18,27,31H,2,5-6,11,14-16,19H2,(H,29,32). The molecule has 1 fully saturated rings. The fourth-order valence-corrected chi connectivity index (χ4v) is 4.99. The van der Waals surface area contributed by atoms with Crippen LogP contribution in [0.1, 0.15) is 58.8 Å². The van der Waals surface area contributed by atoms with Crippen LogP contribution < -0.4 is 5.32 Å². The third-order valence-corrected chi connectivity index (χ3v) is 6.74. The maximum atomic E-state index is 13.1. The SMILES string of the molecule is O=C(Nc1ccc2c(c1)C(O)CC2)c1ccc(-c2ccccc2)c(CN2CCCCC2)c1. The Morgan fingerprint density at radius 2 is 1.78 bits per heavy atom. The van der Waals surface area contributed by atoms with E-state index in [1.807, 2.05) is 30.3 Å². The minimum Gasteiger partial charge on any atom is -0.388 e. The largest absolute Gasteiger partial charge is 0.388 e. The van der Waals surface area contributed by atoms with Crippen molar-refractivity contribution >= 4 is 11.6 Å². The second kappa shape index (κ2) is 9.27. The number of nitrogens with zero attached hydrogens (tertiary/aromatic N) is 1. The topological polar surface area (TPSA) is 52.6 Å². The Hall–Kier alpha value is -2.95. The van der Waals surface area contributed by atoms with Crippen molar-refractivity contribution in [1.29, 1.82) is 0 Å². The van der Waals surface area contributed by atoms with E-state index in [2.05, 4.69) is 46.6 Å². The van der Waals surface area contributed by atoms with E-state index < -0.39 is 6.10 Å². The van der Waals surface area contributed by atoms with E-state index in [4.69, 9.17) is 0 Å². The number of piperidine rings is 1. The molecule has 2 N–H and O–H groups in total. The average Bonchev–Trinajstić information content (AvgIpc) is 3.20. The number of aryl methyl sites for hydroxylation is 1. The number of likely N-dealkylation sites (tertiary alicyclic amines) is 1. The smallest absolute Gasteiger partial charge is 0.255 e. The fourth-order valence-electron chi connectivity index (χ4n) is 4.99. The summed E-state index contributed by atoms with van der Waals surface area (Å²) in [4.78, 5) is 15.6. The first-order valence-corrected chi connectivity index (χ1v) is 11.7. The molecule has 1 aliphatic heterocycles. The van der Waals surface area contributed by atoms with Gasteiger partial charge in [-0.15, -0.1) is 0 Å². The van der Waals surface area contributed by atoms with Crippen molar-refractivity contribution in [1.82, 2.24) is 4.90 Å². The molecule has 0 aromatic heterocycles. The molecule has 3 aromatic carbocycles. The lowest BCUT2D eigenvalue weighted by Crippen LogP contribution is -2.29. The van der Waals surface area contributed by atoms with Gasteiger partial charge in [0, 0.05) is 17.8 Å². The number of carbonyl (C=O) groups is 1. The number of aliphatic hydroxyl groups excluding tert-OH is 1. The number of hydrogen-bond acceptors (Lipinski definition) is 3. The number of benzene rings is 3. The summed E-state index contributed by atoms with van der Waals surface area (Å²) in [5.41, 5.74) is 7.07. The van der Waals surface area contributed by atoms with Gasteiger partial charge in [0.25, 0.3) is 5.91 Å². The zero-order valence-corrected chi connectivity index (χ0v) is 18.4. The van der Waals surface area contributed by atoms with Crippen LogP contribution in [-0.4, -0.2) is 29.0 Å². The summed E-state index contributed by atoms with van der Waals surface area (Å²) >= 11 is 0. The number of aliphatic hydroxyl groups is 1. The third kappa shape index (κ3) is 4.47. The Kier molecular flexibility index (Phi) is 6.06. The summed E-state index contributed by atoms with van der Waals surface area (Å²) in [5.74, 6) is -0.114. The number of nitrogens with one attached hydrogen (secondary N) is 1. The van der Waals surface area contributed by atoms with Gasteiger partial charge in [-0.1, -0.05) is 48.9 Å². The van der Waals surface area contributed by atoms with Crippen molar-refractivity contribution in [3.8, 4) is 11.1 Å². The molecule has 4 nitrogen and oxygen atoms in total. The number of rotatable bonds is 5. The molecule has 1 unspecified atom stereocenters. The number of fused-ring (bicyclic) bond motifs is 1. The molecule has 1 saturated heterocycles. The summed E-state index contributed by atoms with van der Waals surface area (Å²) < 4.78 is 0. The predicted molar refractivity (Wildman–Crippen MR) is 129 cm³/mol. The molecule has 5 rings (SSSR count). The summed E-state index contributed by atoms with van der Waals surface area (Å²) in [6.07, 6.45) is 5.01. The predicted octanol–water partition coefficient (Wildman–Crippen LogP) is 5.57. The minimum atomic E-state index is -0.428. The molecule has 4 heteroatoms. The first-order chi connectivity index (χ1) is 15.7. The van der Waals surface area contributed by atoms with Crippen LogP contribution in [0, 0.1) is 0 Å². The summed E-state index contributed by atoms with van der Waals surface area (Å²) in [5, 5.41) is 13.2. The Labute approximate surface area is 189 Å². The molecule has 1 amide bonds. The van der Waals surface area contributed by atoms with Crippen LogP contribution in [-0.2, 0) is 13.0 Å². The van der Waals surface area contributed by atoms with Crippen molar-refractivity contribution < 1.29 is 9.90 Å². The van der Waals surface area contributed by atoms with Crippen LogP contribution in [0.3, 0.4) is 0 Å². The van der Waals surface area contributed by atoms with E-state index in [-0.39, 0.29) is 5.91 Å². The van der Waals surface area contributed by atoms with E-state index >= 15 is 0 Å². The minimum absolute atomic E-state index is 0.114. The summed E-state index contributed by atoms with van der Waals surface area (Å²) in [6.45, 7) is 3.08. The molecule has 1 aliphatic carbocycles. The molecular formula is C28H30N2O2. The Morgan fingerprint density at radius 1 is 0.969 bits per heavy atom. The highest BCUT2D eigenvalue weighted by atomic mass is 16.3. The average molecular weight is 427 g/mol. The van der Waals surface area contributed by atoms with Crippen LogP contribution in [0.2, 0.25) is 0 Å². The fraction of sp³-hybridized carbons (Fsp3) is 0.321. The second-order valence-electron chi connectivity index (χ2n) is 9.00. The zero-order valence-electron chi connectivity index (χ0n) is 18.4. The van der Waals surface area contributed by atoms with Gasteiger partial charge < -0.3 is 10.4 Å². The van der Waals surface area contributed by atoms with Gasteiger partial charge in [-0.2, -0.15) is 0 Å². The van der Waals surface area contributed by atoms with Gasteiger partial charge >= 0.3 is 0 Å². The van der Waals surface area contributed by atoms with E-state index in [1.54, 1.807) is 0 Å². The van der Waals surface area contributed by atoms with Crippen molar-refractivity contribution in [3.63, 3.8) is 0 Å². The highest BCUT2D eigenvalue weighted by molar-refractivity contribution is 6.04. The summed E-state index contributed by atoms with van der Waals surface area (Å²) in [7, 11) is 0. The van der Waals surface area contributed by atoms with E-state index in [1.165, 1.54) is 41.5 Å². The van der Waals surface area contributed by atoms with Gasteiger partial charge in [-0.3, -0.25) is 9.69 Å². The molecule has 164 valence electrons. The first-order valence-electron chi connectivity index (χ1n) is 11.7. The van der Waals surface area contributed by atoms with Crippen molar-refractivity contribution in [3.05, 3.63) is 89.0 Å². The van der Waals surface area contributed by atoms with Crippen LogP contribution >= 0.6 is 0 Å². The van der Waals surface area contributed by atoms with Crippen molar-refractivity contribution in [2.24, 2.45) is 0 Å². The van der Waals surface area contributed by atoms with Gasteiger partial charge in [0.2, 0.25) is 0 Å². The number of hydrogen-bond donors (Lipinski definition) is 2. The number of carbonyl (C=O) groups excluding carboxylic acids is 1.